The van der Waals surface area contributed by atoms with Crippen molar-refractivity contribution in [2.75, 3.05) is 20.7 Å². The van der Waals surface area contributed by atoms with Crippen molar-refractivity contribution in [3.05, 3.63) is 123 Å². The van der Waals surface area contributed by atoms with Crippen LogP contribution in [0, 0.1) is 0 Å². The van der Waals surface area contributed by atoms with Gasteiger partial charge in [-0.3, -0.25) is 19.6 Å². The van der Waals surface area contributed by atoms with Gasteiger partial charge < -0.3 is 14.2 Å². The first kappa shape index (κ1) is 31.4. The van der Waals surface area contributed by atoms with Crippen LogP contribution in [0.5, 0.6) is 11.5 Å². The molecule has 7 nitrogen and oxygen atoms in total. The Morgan fingerprint density at radius 2 is 1.82 bits per heavy atom. The number of esters is 1. The molecule has 0 unspecified atom stereocenters. The highest BCUT2D eigenvalue weighted by atomic mass is 35.5. The van der Waals surface area contributed by atoms with Gasteiger partial charge in [-0.25, -0.2) is 0 Å². The summed E-state index contributed by atoms with van der Waals surface area (Å²) in [5.74, 6) is 1.43. The molecule has 0 amide bonds. The smallest absolute Gasteiger partial charge is 0.323 e. The quantitative estimate of drug-likeness (QED) is 0.183. The van der Waals surface area contributed by atoms with E-state index in [1.807, 2.05) is 42.5 Å². The van der Waals surface area contributed by atoms with E-state index < -0.39 is 0 Å². The van der Waals surface area contributed by atoms with Crippen molar-refractivity contribution < 1.29 is 19.0 Å². The zero-order chi connectivity index (χ0) is 31.5. The van der Waals surface area contributed by atoms with Crippen LogP contribution in [-0.4, -0.2) is 47.5 Å². The lowest BCUT2D eigenvalue weighted by atomic mass is 9.91. The van der Waals surface area contributed by atoms with E-state index in [0.29, 0.717) is 29.6 Å². The number of carbonyl (C=O) groups excluding carboxylic acids is 1. The summed E-state index contributed by atoms with van der Waals surface area (Å²) in [6, 6.07) is 23.6. The van der Waals surface area contributed by atoms with Gasteiger partial charge in [-0.15, -0.1) is 0 Å². The highest BCUT2D eigenvalue weighted by molar-refractivity contribution is 6.42. The SMILES string of the molecule is CC[C@H](Oc1ccc([C@H]2CN(C)Cc3cc4c(cc3O2)CN(Cc2ccccn2)[C@H](C(=O)OC)C4)cc1)c1ccc(Cl)c(Cl)c1. The Morgan fingerprint density at radius 1 is 1.00 bits per heavy atom. The number of hydrogen-bond donors (Lipinski definition) is 0. The molecule has 4 aromatic rings. The maximum atomic E-state index is 12.8. The molecule has 0 aliphatic carbocycles. The first-order valence-corrected chi connectivity index (χ1v) is 16.0. The fourth-order valence-corrected chi connectivity index (χ4v) is 6.52. The van der Waals surface area contributed by atoms with E-state index in [0.717, 1.165) is 64.5 Å². The molecule has 3 heterocycles. The lowest BCUT2D eigenvalue weighted by Crippen LogP contribution is -2.45. The van der Waals surface area contributed by atoms with Gasteiger partial charge in [-0.05, 0) is 84.6 Å². The first-order valence-electron chi connectivity index (χ1n) is 15.2. The maximum Gasteiger partial charge on any atom is 0.323 e. The number of nitrogens with zero attached hydrogens (tertiary/aromatic N) is 3. The lowest BCUT2D eigenvalue weighted by molar-refractivity contribution is -0.148. The third-order valence-electron chi connectivity index (χ3n) is 8.58. The molecule has 1 aromatic heterocycles. The molecule has 0 spiro atoms. The van der Waals surface area contributed by atoms with Crippen molar-refractivity contribution in [1.82, 2.24) is 14.8 Å². The zero-order valence-corrected chi connectivity index (χ0v) is 27.2. The lowest BCUT2D eigenvalue weighted by Gasteiger charge is -2.35. The number of hydrogen-bond acceptors (Lipinski definition) is 7. The van der Waals surface area contributed by atoms with Crippen molar-refractivity contribution >= 4 is 29.2 Å². The molecule has 2 aliphatic rings. The van der Waals surface area contributed by atoms with Gasteiger partial charge in [0.1, 0.15) is 29.7 Å². The van der Waals surface area contributed by atoms with E-state index in [4.69, 9.17) is 37.4 Å². The molecular weight excluding hydrogens is 609 g/mol. The van der Waals surface area contributed by atoms with Crippen molar-refractivity contribution in [3.8, 4) is 11.5 Å². The molecule has 0 saturated carbocycles. The van der Waals surface area contributed by atoms with Crippen LogP contribution >= 0.6 is 23.2 Å². The number of aromatic nitrogens is 1. The van der Waals surface area contributed by atoms with Gasteiger partial charge in [0.25, 0.3) is 0 Å². The molecule has 2 aliphatic heterocycles. The highest BCUT2D eigenvalue weighted by Gasteiger charge is 2.34. The Bertz CT molecular complexity index is 1650. The molecule has 6 rings (SSSR count). The third-order valence-corrected chi connectivity index (χ3v) is 9.32. The van der Waals surface area contributed by atoms with Crippen LogP contribution in [0.25, 0.3) is 0 Å². The largest absolute Gasteiger partial charge is 0.486 e. The molecule has 9 heteroatoms. The van der Waals surface area contributed by atoms with Gasteiger partial charge in [-0.2, -0.15) is 0 Å². The molecule has 234 valence electrons. The molecule has 3 atom stereocenters. The minimum Gasteiger partial charge on any atom is -0.486 e. The number of methoxy groups -OCH3 is 1. The minimum atomic E-state index is -0.371. The summed E-state index contributed by atoms with van der Waals surface area (Å²) in [4.78, 5) is 21.7. The Morgan fingerprint density at radius 3 is 2.53 bits per heavy atom. The predicted octanol–water partition coefficient (Wildman–Crippen LogP) is 7.58. The van der Waals surface area contributed by atoms with Crippen LogP contribution in [-0.2, 0) is 35.6 Å². The second-order valence-electron chi connectivity index (χ2n) is 11.8. The van der Waals surface area contributed by atoms with E-state index in [9.17, 15) is 4.79 Å². The number of ether oxygens (including phenoxy) is 3. The second kappa shape index (κ2) is 13.8. The first-order chi connectivity index (χ1) is 21.8. The minimum absolute atomic E-state index is 0.139. The molecule has 0 saturated heterocycles. The van der Waals surface area contributed by atoms with Gasteiger partial charge in [-0.1, -0.05) is 60.5 Å². The van der Waals surface area contributed by atoms with Crippen molar-refractivity contribution in [2.24, 2.45) is 0 Å². The van der Waals surface area contributed by atoms with Crippen molar-refractivity contribution in [3.63, 3.8) is 0 Å². The van der Waals surface area contributed by atoms with Gasteiger partial charge in [0, 0.05) is 37.9 Å². The fourth-order valence-electron chi connectivity index (χ4n) is 6.22. The van der Waals surface area contributed by atoms with E-state index in [2.05, 4.69) is 53.0 Å². The van der Waals surface area contributed by atoms with Crippen LogP contribution in [0.4, 0.5) is 0 Å². The Balaban J connectivity index is 1.21. The molecule has 0 N–H and O–H groups in total. The fraction of sp³-hybridized carbons (Fsp3) is 0.333. The van der Waals surface area contributed by atoms with Crippen molar-refractivity contribution in [1.29, 1.82) is 0 Å². The standard InChI is InChI=1S/C36H37Cl2N3O4/c1-4-33(24-10-13-30(37)31(38)16-24)44-29-11-8-23(9-12-29)35-22-40(2)19-27-15-25-17-32(36(42)43-3)41(20-26(25)18-34(27)45-35)21-28-7-5-6-14-39-28/h5-16,18,32-33,35H,4,17,19-22H2,1-3H3/t32-,33-,35+/m0/s1. The summed E-state index contributed by atoms with van der Waals surface area (Å²) in [7, 11) is 3.56. The molecule has 0 radical (unpaired) electrons. The molecule has 0 bridgehead atoms. The Kier molecular flexibility index (Phi) is 9.61. The summed E-state index contributed by atoms with van der Waals surface area (Å²) >= 11 is 12.4. The summed E-state index contributed by atoms with van der Waals surface area (Å²) in [5.41, 5.74) is 6.41. The van der Waals surface area contributed by atoms with E-state index in [-0.39, 0.29) is 24.2 Å². The number of pyridine rings is 1. The third kappa shape index (κ3) is 7.12. The molecule has 0 fully saturated rings. The molecule has 45 heavy (non-hydrogen) atoms. The van der Waals surface area contributed by atoms with Crippen LogP contribution < -0.4 is 9.47 Å². The normalized spacial score (nSPS) is 19.0. The van der Waals surface area contributed by atoms with E-state index >= 15 is 0 Å². The number of fused-ring (bicyclic) bond motifs is 2. The second-order valence-corrected chi connectivity index (χ2v) is 12.6. The summed E-state index contributed by atoms with van der Waals surface area (Å²) in [6.45, 7) is 4.73. The number of likely N-dealkylation sites (N-methyl/N-ethyl adjacent to an activating group) is 1. The van der Waals surface area contributed by atoms with Crippen LogP contribution in [0.3, 0.4) is 0 Å². The summed E-state index contributed by atoms with van der Waals surface area (Å²) in [5, 5.41) is 1.05. The number of carbonyl (C=O) groups is 1. The van der Waals surface area contributed by atoms with Crippen LogP contribution in [0.1, 0.15) is 59.1 Å². The average molecular weight is 647 g/mol. The van der Waals surface area contributed by atoms with Gasteiger partial charge >= 0.3 is 5.97 Å². The zero-order valence-electron chi connectivity index (χ0n) is 25.7. The van der Waals surface area contributed by atoms with Crippen molar-refractivity contribution in [2.45, 2.75) is 57.6 Å². The summed E-state index contributed by atoms with van der Waals surface area (Å²) in [6.07, 6.45) is 2.85. The topological polar surface area (TPSA) is 64.1 Å². The van der Waals surface area contributed by atoms with Gasteiger partial charge in [0.2, 0.25) is 0 Å². The van der Waals surface area contributed by atoms with Crippen LogP contribution in [0.2, 0.25) is 10.0 Å². The maximum absolute atomic E-state index is 12.8. The number of rotatable bonds is 8. The average Bonchev–Trinajstić information content (AvgIpc) is 3.21. The number of benzene rings is 3. The monoisotopic (exact) mass is 645 g/mol. The van der Waals surface area contributed by atoms with Crippen LogP contribution in [0.15, 0.2) is 79.0 Å². The number of halogens is 2. The predicted molar refractivity (Wildman–Crippen MR) is 176 cm³/mol. The van der Waals surface area contributed by atoms with E-state index in [1.165, 1.54) is 7.11 Å². The molecular formula is C36H37Cl2N3O4. The van der Waals surface area contributed by atoms with Gasteiger partial charge in [0.15, 0.2) is 0 Å². The van der Waals surface area contributed by atoms with E-state index in [1.54, 1.807) is 12.3 Å². The molecule has 3 aromatic carbocycles. The Hall–Kier alpha value is -3.62. The summed E-state index contributed by atoms with van der Waals surface area (Å²) < 4.78 is 18.3. The highest BCUT2D eigenvalue weighted by Crippen LogP contribution is 2.37. The van der Waals surface area contributed by atoms with Gasteiger partial charge in [0.05, 0.1) is 22.8 Å². The Labute approximate surface area is 274 Å².